The van der Waals surface area contributed by atoms with Gasteiger partial charge in [-0.05, 0) is 79.1 Å². The van der Waals surface area contributed by atoms with E-state index in [1.165, 1.54) is 5.47 Å². The standard InChI is InChI=1S/C19H32BNO4/c1-17(2,3)23-16(22)21-12-13-8-9-14(11-15(21)10-13)20-24-18(4,5)19(6,7)25-20/h9,13,15H,8,10-12H2,1-7H3. The molecule has 0 aromatic carbocycles. The van der Waals surface area contributed by atoms with E-state index in [1.54, 1.807) is 0 Å². The van der Waals surface area contributed by atoms with Crippen LogP contribution in [0.2, 0.25) is 0 Å². The molecule has 0 saturated carbocycles. The molecular weight excluding hydrogens is 317 g/mol. The third kappa shape index (κ3) is 3.75. The molecule has 2 saturated heterocycles. The molecule has 1 aliphatic carbocycles. The molecule has 25 heavy (non-hydrogen) atoms. The zero-order chi connectivity index (χ0) is 18.6. The summed E-state index contributed by atoms with van der Waals surface area (Å²) in [5, 5.41) is 0. The van der Waals surface area contributed by atoms with Crippen LogP contribution in [-0.4, -0.2) is 47.5 Å². The quantitative estimate of drug-likeness (QED) is 0.672. The van der Waals surface area contributed by atoms with E-state index >= 15 is 0 Å². The number of hydrogen-bond acceptors (Lipinski definition) is 4. The average Bonchev–Trinajstić information content (AvgIpc) is 2.79. The van der Waals surface area contributed by atoms with Gasteiger partial charge in [0.05, 0.1) is 11.2 Å². The Morgan fingerprint density at radius 2 is 1.84 bits per heavy atom. The van der Waals surface area contributed by atoms with Gasteiger partial charge in [0, 0.05) is 12.6 Å². The molecular formula is C19H32BNO4. The molecule has 1 amide bonds. The first-order valence-corrected chi connectivity index (χ1v) is 9.42. The molecule has 5 nitrogen and oxygen atoms in total. The molecule has 0 spiro atoms. The van der Waals surface area contributed by atoms with Gasteiger partial charge in [-0.15, -0.1) is 0 Å². The first-order chi connectivity index (χ1) is 11.4. The summed E-state index contributed by atoms with van der Waals surface area (Å²) in [6.45, 7) is 14.8. The summed E-state index contributed by atoms with van der Waals surface area (Å²) >= 11 is 0. The van der Waals surface area contributed by atoms with Gasteiger partial charge in [0.25, 0.3) is 0 Å². The van der Waals surface area contributed by atoms with Crippen molar-refractivity contribution in [3.05, 3.63) is 11.5 Å². The number of ether oxygens (including phenoxy) is 1. The van der Waals surface area contributed by atoms with Crippen molar-refractivity contribution >= 4 is 13.2 Å². The van der Waals surface area contributed by atoms with Gasteiger partial charge < -0.3 is 18.9 Å². The Kier molecular flexibility index (Phi) is 4.52. The molecule has 2 heterocycles. The maximum Gasteiger partial charge on any atom is 0.490 e. The maximum absolute atomic E-state index is 12.6. The summed E-state index contributed by atoms with van der Waals surface area (Å²) in [6, 6.07) is 0.174. The van der Waals surface area contributed by atoms with Crippen molar-refractivity contribution in [1.29, 1.82) is 0 Å². The number of hydrogen-bond donors (Lipinski definition) is 0. The first-order valence-electron chi connectivity index (χ1n) is 9.42. The van der Waals surface area contributed by atoms with Crippen molar-refractivity contribution < 1.29 is 18.8 Å². The highest BCUT2D eigenvalue weighted by molar-refractivity contribution is 6.54. The second-order valence-corrected chi connectivity index (χ2v) is 9.70. The number of rotatable bonds is 1. The van der Waals surface area contributed by atoms with Crippen molar-refractivity contribution in [3.8, 4) is 0 Å². The summed E-state index contributed by atoms with van der Waals surface area (Å²) in [4.78, 5) is 14.5. The molecule has 2 aliphatic heterocycles. The number of nitrogens with zero attached hydrogens (tertiary/aromatic N) is 1. The van der Waals surface area contributed by atoms with Crippen molar-refractivity contribution in [2.24, 2.45) is 5.92 Å². The van der Waals surface area contributed by atoms with E-state index in [1.807, 2.05) is 25.7 Å². The smallest absolute Gasteiger partial charge is 0.444 e. The molecule has 0 aromatic heterocycles. The van der Waals surface area contributed by atoms with Crippen molar-refractivity contribution in [2.75, 3.05) is 6.54 Å². The van der Waals surface area contributed by atoms with E-state index in [0.717, 1.165) is 25.8 Å². The molecule has 2 fully saturated rings. The SMILES string of the molecule is CC(C)(C)OC(=O)N1CC2CC=C(B3OC(C)(C)C(C)(C)O3)CC1C2. The Labute approximate surface area is 152 Å². The fourth-order valence-corrected chi connectivity index (χ4v) is 3.78. The minimum absolute atomic E-state index is 0.174. The average molecular weight is 349 g/mol. The first kappa shape index (κ1) is 18.8. The van der Waals surface area contributed by atoms with Crippen LogP contribution in [0.1, 0.15) is 67.7 Å². The van der Waals surface area contributed by atoms with Crippen LogP contribution in [0.25, 0.3) is 0 Å². The van der Waals surface area contributed by atoms with Crippen LogP contribution in [0.4, 0.5) is 4.79 Å². The van der Waals surface area contributed by atoms with Gasteiger partial charge in [-0.3, -0.25) is 0 Å². The lowest BCUT2D eigenvalue weighted by Crippen LogP contribution is -2.41. The minimum Gasteiger partial charge on any atom is -0.444 e. The van der Waals surface area contributed by atoms with Gasteiger partial charge in [-0.1, -0.05) is 6.08 Å². The van der Waals surface area contributed by atoms with Gasteiger partial charge in [0.1, 0.15) is 5.60 Å². The van der Waals surface area contributed by atoms with Gasteiger partial charge in [-0.25, -0.2) is 4.79 Å². The minimum atomic E-state index is -0.464. The van der Waals surface area contributed by atoms with Crippen LogP contribution in [0.5, 0.6) is 0 Å². The van der Waals surface area contributed by atoms with Crippen molar-refractivity contribution in [1.82, 2.24) is 4.90 Å². The summed E-state index contributed by atoms with van der Waals surface area (Å²) in [5.41, 5.74) is 0.0248. The van der Waals surface area contributed by atoms with E-state index in [2.05, 4.69) is 33.8 Å². The van der Waals surface area contributed by atoms with E-state index in [0.29, 0.717) is 5.92 Å². The Morgan fingerprint density at radius 1 is 1.24 bits per heavy atom. The molecule has 140 valence electrons. The number of amides is 1. The lowest BCUT2D eigenvalue weighted by molar-refractivity contribution is 0.00578. The second kappa shape index (κ2) is 6.02. The summed E-state index contributed by atoms with van der Waals surface area (Å²) in [6.07, 6.45) is 4.87. The van der Waals surface area contributed by atoms with Crippen LogP contribution >= 0.6 is 0 Å². The topological polar surface area (TPSA) is 48.0 Å². The predicted molar refractivity (Wildman–Crippen MR) is 98.2 cm³/mol. The number of carbonyl (C=O) groups excluding carboxylic acids is 1. The van der Waals surface area contributed by atoms with Crippen molar-refractivity contribution in [2.45, 2.75) is 90.6 Å². The van der Waals surface area contributed by atoms with Crippen LogP contribution in [0.15, 0.2) is 11.5 Å². The Balaban J connectivity index is 1.72. The fraction of sp³-hybridized carbons (Fsp3) is 0.842. The lowest BCUT2D eigenvalue weighted by Gasteiger charge is -2.32. The van der Waals surface area contributed by atoms with E-state index in [4.69, 9.17) is 14.0 Å². The molecule has 3 aliphatic rings. The van der Waals surface area contributed by atoms with E-state index in [9.17, 15) is 4.79 Å². The largest absolute Gasteiger partial charge is 0.490 e. The highest BCUT2D eigenvalue weighted by atomic mass is 16.7. The molecule has 6 heteroatoms. The number of allylic oxidation sites excluding steroid dienone is 1. The molecule has 0 aromatic rings. The van der Waals surface area contributed by atoms with Crippen LogP contribution in [0, 0.1) is 5.92 Å². The third-order valence-corrected chi connectivity index (χ3v) is 5.87. The number of fused-ring (bicyclic) bond motifs is 2. The monoisotopic (exact) mass is 349 g/mol. The van der Waals surface area contributed by atoms with Gasteiger partial charge in [0.2, 0.25) is 0 Å². The van der Waals surface area contributed by atoms with Gasteiger partial charge >= 0.3 is 13.2 Å². The summed E-state index contributed by atoms with van der Waals surface area (Å²) in [5.74, 6) is 0.498. The van der Waals surface area contributed by atoms with Crippen LogP contribution in [0.3, 0.4) is 0 Å². The second-order valence-electron chi connectivity index (χ2n) is 9.70. The number of carbonyl (C=O) groups is 1. The third-order valence-electron chi connectivity index (χ3n) is 5.87. The fourth-order valence-electron chi connectivity index (χ4n) is 3.78. The highest BCUT2D eigenvalue weighted by Crippen LogP contribution is 2.42. The van der Waals surface area contributed by atoms with Crippen LogP contribution < -0.4 is 0 Å². The Morgan fingerprint density at radius 3 is 2.40 bits per heavy atom. The molecule has 3 rings (SSSR count). The molecule has 0 radical (unpaired) electrons. The van der Waals surface area contributed by atoms with Gasteiger partial charge in [-0.2, -0.15) is 0 Å². The Hall–Kier alpha value is -1.01. The normalized spacial score (nSPS) is 30.9. The van der Waals surface area contributed by atoms with Gasteiger partial charge in [0.15, 0.2) is 0 Å². The molecule has 2 bridgehead atoms. The Bertz CT molecular complexity index is 562. The van der Waals surface area contributed by atoms with Crippen LogP contribution in [-0.2, 0) is 14.0 Å². The van der Waals surface area contributed by atoms with E-state index in [-0.39, 0.29) is 30.5 Å². The van der Waals surface area contributed by atoms with E-state index < -0.39 is 5.60 Å². The lowest BCUT2D eigenvalue weighted by atomic mass is 9.74. The zero-order valence-corrected chi connectivity index (χ0v) is 16.7. The predicted octanol–water partition coefficient (Wildman–Crippen LogP) is 3.96. The summed E-state index contributed by atoms with van der Waals surface area (Å²) in [7, 11) is -0.315. The highest BCUT2D eigenvalue weighted by Gasteiger charge is 2.53. The molecule has 2 atom stereocenters. The zero-order valence-electron chi connectivity index (χ0n) is 16.7. The maximum atomic E-state index is 12.6. The molecule has 0 N–H and O–H groups in total. The summed E-state index contributed by atoms with van der Waals surface area (Å²) < 4.78 is 18.0. The number of likely N-dealkylation sites (tertiary alicyclic amines) is 1. The van der Waals surface area contributed by atoms with Crippen molar-refractivity contribution in [3.63, 3.8) is 0 Å². The molecule has 2 unspecified atom stereocenters.